The van der Waals surface area contributed by atoms with Gasteiger partial charge in [-0.05, 0) is 38.3 Å². The van der Waals surface area contributed by atoms with Crippen LogP contribution in [0.4, 0.5) is 0 Å². The molecule has 1 N–H and O–H groups in total. The first-order valence-electron chi connectivity index (χ1n) is 9.45. The maximum absolute atomic E-state index is 13.0. The number of nitrogens with one attached hydrogen (secondary N) is 1. The monoisotopic (exact) mass is 357 g/mol. The van der Waals surface area contributed by atoms with Gasteiger partial charge in [-0.25, -0.2) is 0 Å². The zero-order valence-electron chi connectivity index (χ0n) is 15.5. The summed E-state index contributed by atoms with van der Waals surface area (Å²) in [4.78, 5) is 41.3. The SMILES string of the molecule is CCC1C(=O)NCCN1C(=O)C1CCCN(C(=O)c2ccc(C)cc2)C1. The fraction of sp³-hybridized carbons (Fsp3) is 0.550. The molecule has 0 spiro atoms. The van der Waals surface area contributed by atoms with Crippen molar-refractivity contribution in [1.82, 2.24) is 15.1 Å². The molecule has 0 radical (unpaired) electrons. The topological polar surface area (TPSA) is 69.7 Å². The highest BCUT2D eigenvalue weighted by Gasteiger charge is 2.37. The lowest BCUT2D eigenvalue weighted by Crippen LogP contribution is -2.59. The lowest BCUT2D eigenvalue weighted by Gasteiger charge is -2.39. The van der Waals surface area contributed by atoms with Crippen LogP contribution in [0.15, 0.2) is 24.3 Å². The van der Waals surface area contributed by atoms with E-state index in [1.807, 2.05) is 38.1 Å². The molecule has 0 aromatic heterocycles. The molecule has 2 unspecified atom stereocenters. The molecule has 26 heavy (non-hydrogen) atoms. The van der Waals surface area contributed by atoms with Crippen molar-refractivity contribution >= 4 is 17.7 Å². The fourth-order valence-electron chi connectivity index (χ4n) is 3.86. The van der Waals surface area contributed by atoms with Gasteiger partial charge in [0.2, 0.25) is 11.8 Å². The van der Waals surface area contributed by atoms with Gasteiger partial charge in [0.05, 0.1) is 5.92 Å². The second kappa shape index (κ2) is 7.89. The van der Waals surface area contributed by atoms with E-state index in [-0.39, 0.29) is 29.7 Å². The molecule has 1 aromatic carbocycles. The first kappa shape index (κ1) is 18.4. The summed E-state index contributed by atoms with van der Waals surface area (Å²) < 4.78 is 0. The predicted molar refractivity (Wildman–Crippen MR) is 98.6 cm³/mol. The molecular formula is C20H27N3O3. The number of rotatable bonds is 3. The van der Waals surface area contributed by atoms with E-state index in [2.05, 4.69) is 5.32 Å². The number of carbonyl (C=O) groups is 3. The number of hydrogen-bond acceptors (Lipinski definition) is 3. The molecular weight excluding hydrogens is 330 g/mol. The van der Waals surface area contributed by atoms with Crippen molar-refractivity contribution in [3.63, 3.8) is 0 Å². The van der Waals surface area contributed by atoms with Gasteiger partial charge in [0.1, 0.15) is 6.04 Å². The van der Waals surface area contributed by atoms with E-state index in [0.29, 0.717) is 38.2 Å². The van der Waals surface area contributed by atoms with Gasteiger partial charge in [-0.3, -0.25) is 14.4 Å². The molecule has 1 aromatic rings. The van der Waals surface area contributed by atoms with Crippen LogP contribution >= 0.6 is 0 Å². The minimum Gasteiger partial charge on any atom is -0.353 e. The van der Waals surface area contributed by atoms with E-state index in [1.54, 1.807) is 9.80 Å². The largest absolute Gasteiger partial charge is 0.353 e. The number of amides is 3. The Labute approximate surface area is 154 Å². The van der Waals surface area contributed by atoms with E-state index >= 15 is 0 Å². The maximum atomic E-state index is 13.0. The lowest BCUT2D eigenvalue weighted by molar-refractivity contribution is -0.147. The quantitative estimate of drug-likeness (QED) is 0.893. The van der Waals surface area contributed by atoms with Crippen LogP contribution in [-0.2, 0) is 9.59 Å². The zero-order valence-corrected chi connectivity index (χ0v) is 15.5. The van der Waals surface area contributed by atoms with Crippen molar-refractivity contribution in [1.29, 1.82) is 0 Å². The maximum Gasteiger partial charge on any atom is 0.253 e. The van der Waals surface area contributed by atoms with Crippen molar-refractivity contribution in [2.24, 2.45) is 5.92 Å². The lowest BCUT2D eigenvalue weighted by atomic mass is 9.94. The van der Waals surface area contributed by atoms with Gasteiger partial charge in [0.25, 0.3) is 5.91 Å². The number of likely N-dealkylation sites (tertiary alicyclic amines) is 1. The number of piperidine rings is 1. The molecule has 2 heterocycles. The van der Waals surface area contributed by atoms with Crippen LogP contribution in [0, 0.1) is 12.8 Å². The second-order valence-electron chi connectivity index (χ2n) is 7.20. The van der Waals surface area contributed by atoms with Crippen LogP contribution in [0.5, 0.6) is 0 Å². The number of piperazine rings is 1. The van der Waals surface area contributed by atoms with E-state index < -0.39 is 0 Å². The molecule has 2 aliphatic rings. The Morgan fingerprint density at radius 3 is 2.62 bits per heavy atom. The van der Waals surface area contributed by atoms with Crippen LogP contribution < -0.4 is 5.32 Å². The highest BCUT2D eigenvalue weighted by atomic mass is 16.2. The minimum atomic E-state index is -0.389. The number of carbonyl (C=O) groups excluding carboxylic acids is 3. The first-order chi connectivity index (χ1) is 12.5. The molecule has 140 valence electrons. The third-order valence-corrected chi connectivity index (χ3v) is 5.36. The van der Waals surface area contributed by atoms with E-state index in [0.717, 1.165) is 18.4 Å². The van der Waals surface area contributed by atoms with Gasteiger partial charge in [0.15, 0.2) is 0 Å². The van der Waals surface area contributed by atoms with Crippen LogP contribution in [-0.4, -0.2) is 59.7 Å². The highest BCUT2D eigenvalue weighted by Crippen LogP contribution is 2.23. The van der Waals surface area contributed by atoms with Crippen LogP contribution in [0.1, 0.15) is 42.1 Å². The van der Waals surface area contributed by atoms with Crippen molar-refractivity contribution < 1.29 is 14.4 Å². The van der Waals surface area contributed by atoms with Gasteiger partial charge in [-0.1, -0.05) is 24.6 Å². The summed E-state index contributed by atoms with van der Waals surface area (Å²) >= 11 is 0. The smallest absolute Gasteiger partial charge is 0.253 e. The summed E-state index contributed by atoms with van der Waals surface area (Å²) in [5.74, 6) is -0.312. The number of nitrogens with zero attached hydrogens (tertiary/aromatic N) is 2. The highest BCUT2D eigenvalue weighted by molar-refractivity contribution is 5.95. The van der Waals surface area contributed by atoms with Crippen LogP contribution in [0.2, 0.25) is 0 Å². The van der Waals surface area contributed by atoms with E-state index in [4.69, 9.17) is 0 Å². The minimum absolute atomic E-state index is 0.00751. The first-order valence-corrected chi connectivity index (χ1v) is 9.45. The molecule has 2 atom stereocenters. The van der Waals surface area contributed by atoms with Crippen molar-refractivity contribution in [2.75, 3.05) is 26.2 Å². The Bertz CT molecular complexity index is 686. The molecule has 0 saturated carbocycles. The summed E-state index contributed by atoms with van der Waals surface area (Å²) in [7, 11) is 0. The van der Waals surface area contributed by atoms with Gasteiger partial charge in [-0.15, -0.1) is 0 Å². The Hall–Kier alpha value is -2.37. The third kappa shape index (κ3) is 3.74. The fourth-order valence-corrected chi connectivity index (χ4v) is 3.86. The molecule has 3 rings (SSSR count). The zero-order chi connectivity index (χ0) is 18.7. The summed E-state index contributed by atoms with van der Waals surface area (Å²) in [5.41, 5.74) is 1.77. The Morgan fingerprint density at radius 1 is 1.19 bits per heavy atom. The summed E-state index contributed by atoms with van der Waals surface area (Å²) in [6, 6.07) is 7.14. The van der Waals surface area contributed by atoms with Gasteiger partial charge in [0, 0.05) is 31.7 Å². The molecule has 6 heteroatoms. The average molecular weight is 357 g/mol. The standard InChI is InChI=1S/C20H27N3O3/c1-3-17-18(24)21-10-12-23(17)20(26)16-5-4-11-22(13-16)19(25)15-8-6-14(2)7-9-15/h6-9,16-17H,3-5,10-13H2,1-2H3,(H,21,24). The van der Waals surface area contributed by atoms with Gasteiger partial charge >= 0.3 is 0 Å². The number of aryl methyl sites for hydroxylation is 1. The molecule has 3 amide bonds. The van der Waals surface area contributed by atoms with E-state index in [1.165, 1.54) is 0 Å². The van der Waals surface area contributed by atoms with Crippen molar-refractivity contribution in [2.45, 2.75) is 39.2 Å². The van der Waals surface area contributed by atoms with E-state index in [9.17, 15) is 14.4 Å². The van der Waals surface area contributed by atoms with Crippen LogP contribution in [0.25, 0.3) is 0 Å². The normalized spacial score (nSPS) is 23.5. The number of benzene rings is 1. The summed E-state index contributed by atoms with van der Waals surface area (Å²) in [5, 5.41) is 2.83. The summed E-state index contributed by atoms with van der Waals surface area (Å²) in [6.07, 6.45) is 2.19. The Balaban J connectivity index is 1.69. The molecule has 2 saturated heterocycles. The Kier molecular flexibility index (Phi) is 5.59. The third-order valence-electron chi connectivity index (χ3n) is 5.36. The molecule has 0 bridgehead atoms. The molecule has 2 aliphatic heterocycles. The van der Waals surface area contributed by atoms with Gasteiger partial charge < -0.3 is 15.1 Å². The van der Waals surface area contributed by atoms with Crippen molar-refractivity contribution in [3.8, 4) is 0 Å². The predicted octanol–water partition coefficient (Wildman–Crippen LogP) is 1.58. The number of hydrogen-bond donors (Lipinski definition) is 1. The molecule has 6 nitrogen and oxygen atoms in total. The molecule has 0 aliphatic carbocycles. The average Bonchev–Trinajstić information content (AvgIpc) is 2.67. The summed E-state index contributed by atoms with van der Waals surface area (Å²) in [6.45, 7) is 6.06. The Morgan fingerprint density at radius 2 is 1.92 bits per heavy atom. The van der Waals surface area contributed by atoms with Crippen LogP contribution in [0.3, 0.4) is 0 Å². The molecule has 2 fully saturated rings. The van der Waals surface area contributed by atoms with Crippen molar-refractivity contribution in [3.05, 3.63) is 35.4 Å². The van der Waals surface area contributed by atoms with Gasteiger partial charge in [-0.2, -0.15) is 0 Å². The second-order valence-corrected chi connectivity index (χ2v) is 7.20.